The van der Waals surface area contributed by atoms with Crippen LogP contribution in [-0.2, 0) is 13.2 Å². The van der Waals surface area contributed by atoms with Crippen molar-refractivity contribution in [3.63, 3.8) is 0 Å². The summed E-state index contributed by atoms with van der Waals surface area (Å²) in [6.45, 7) is 0.936. The first kappa shape index (κ1) is 21.0. The van der Waals surface area contributed by atoms with Crippen molar-refractivity contribution in [2.45, 2.75) is 13.2 Å². The first-order valence-electron chi connectivity index (χ1n) is 10.4. The van der Waals surface area contributed by atoms with Crippen LogP contribution >= 0.6 is 31.9 Å². The monoisotopic (exact) mass is 546 g/mol. The van der Waals surface area contributed by atoms with Crippen molar-refractivity contribution < 1.29 is 9.47 Å². The number of hydrogen-bond acceptors (Lipinski definition) is 2. The van der Waals surface area contributed by atoms with Crippen LogP contribution in [0.25, 0.3) is 21.5 Å². The number of fused-ring (bicyclic) bond motifs is 3. The Morgan fingerprint density at radius 3 is 1.28 bits per heavy atom. The van der Waals surface area contributed by atoms with Crippen molar-refractivity contribution in [3.05, 3.63) is 117 Å². The summed E-state index contributed by atoms with van der Waals surface area (Å²) in [7, 11) is 0. The number of rotatable bonds is 6. The molecule has 4 heteroatoms. The average Bonchev–Trinajstić information content (AvgIpc) is 2.83. The van der Waals surface area contributed by atoms with E-state index in [9.17, 15) is 0 Å². The minimum Gasteiger partial charge on any atom is -0.484 e. The fourth-order valence-electron chi connectivity index (χ4n) is 3.87. The van der Waals surface area contributed by atoms with Crippen LogP contribution in [0, 0.1) is 0 Å². The zero-order chi connectivity index (χ0) is 21.9. The molecule has 0 aliphatic heterocycles. The molecule has 5 rings (SSSR count). The van der Waals surface area contributed by atoms with Gasteiger partial charge < -0.3 is 9.47 Å². The van der Waals surface area contributed by atoms with Gasteiger partial charge in [-0.25, -0.2) is 0 Å². The SMILES string of the molecule is Brc1ccc2c(OCc3ccccc3)c(OCc3ccccc3)c3ccc(Br)cc3c2c1. The van der Waals surface area contributed by atoms with Crippen molar-refractivity contribution >= 4 is 53.4 Å². The second-order valence-electron chi connectivity index (χ2n) is 7.59. The van der Waals surface area contributed by atoms with Crippen LogP contribution in [-0.4, -0.2) is 0 Å². The first-order chi connectivity index (χ1) is 15.7. The molecule has 0 atom stereocenters. The Morgan fingerprint density at radius 1 is 0.469 bits per heavy atom. The van der Waals surface area contributed by atoms with Gasteiger partial charge in [-0.05, 0) is 58.3 Å². The molecule has 158 valence electrons. The highest BCUT2D eigenvalue weighted by atomic mass is 79.9. The highest BCUT2D eigenvalue weighted by molar-refractivity contribution is 9.10. The van der Waals surface area contributed by atoms with Gasteiger partial charge in [-0.2, -0.15) is 0 Å². The lowest BCUT2D eigenvalue weighted by atomic mass is 10.00. The van der Waals surface area contributed by atoms with E-state index in [4.69, 9.17) is 9.47 Å². The summed E-state index contributed by atoms with van der Waals surface area (Å²) in [6.07, 6.45) is 0. The Balaban J connectivity index is 1.68. The third-order valence-electron chi connectivity index (χ3n) is 5.40. The predicted molar refractivity (Wildman–Crippen MR) is 138 cm³/mol. The Kier molecular flexibility index (Phi) is 6.15. The van der Waals surface area contributed by atoms with E-state index in [1.54, 1.807) is 0 Å². The fraction of sp³-hybridized carbons (Fsp3) is 0.0714. The number of benzene rings is 5. The lowest BCUT2D eigenvalue weighted by Crippen LogP contribution is -2.02. The maximum Gasteiger partial charge on any atom is 0.170 e. The van der Waals surface area contributed by atoms with Crippen LogP contribution in [0.15, 0.2) is 106 Å². The summed E-state index contributed by atoms with van der Waals surface area (Å²) in [5.74, 6) is 1.53. The molecular weight excluding hydrogens is 528 g/mol. The molecule has 0 N–H and O–H groups in total. The van der Waals surface area contributed by atoms with Gasteiger partial charge in [0.25, 0.3) is 0 Å². The largest absolute Gasteiger partial charge is 0.484 e. The third kappa shape index (κ3) is 4.38. The second-order valence-corrected chi connectivity index (χ2v) is 9.42. The summed E-state index contributed by atoms with van der Waals surface area (Å²) >= 11 is 7.27. The Morgan fingerprint density at radius 2 is 0.875 bits per heavy atom. The molecular formula is C28H20Br2O2. The van der Waals surface area contributed by atoms with Crippen LogP contribution in [0.2, 0.25) is 0 Å². The van der Waals surface area contributed by atoms with Crippen molar-refractivity contribution in [2.75, 3.05) is 0 Å². The molecule has 0 amide bonds. The number of ether oxygens (including phenoxy) is 2. The van der Waals surface area contributed by atoms with Crippen LogP contribution in [0.3, 0.4) is 0 Å². The van der Waals surface area contributed by atoms with Crippen molar-refractivity contribution in [1.82, 2.24) is 0 Å². The average molecular weight is 548 g/mol. The van der Waals surface area contributed by atoms with Gasteiger partial charge in [-0.3, -0.25) is 0 Å². The van der Waals surface area contributed by atoms with Crippen molar-refractivity contribution in [1.29, 1.82) is 0 Å². The number of hydrogen-bond donors (Lipinski definition) is 0. The molecule has 2 nitrogen and oxygen atoms in total. The van der Waals surface area contributed by atoms with E-state index in [2.05, 4.69) is 80.4 Å². The minimum atomic E-state index is 0.468. The standard InChI is InChI=1S/C28H20Br2O2/c29-21-11-13-23-25(15-21)26-16-22(30)12-14-24(26)28(32-18-20-9-5-2-6-10-20)27(23)31-17-19-7-3-1-4-8-19/h1-16H,17-18H2. The highest BCUT2D eigenvalue weighted by Crippen LogP contribution is 2.45. The van der Waals surface area contributed by atoms with Gasteiger partial charge in [0.15, 0.2) is 11.5 Å². The van der Waals surface area contributed by atoms with E-state index in [1.165, 1.54) is 0 Å². The van der Waals surface area contributed by atoms with Gasteiger partial charge in [0.2, 0.25) is 0 Å². The maximum absolute atomic E-state index is 6.45. The summed E-state index contributed by atoms with van der Waals surface area (Å²) in [5, 5.41) is 4.28. The van der Waals surface area contributed by atoms with E-state index in [0.717, 1.165) is 53.1 Å². The molecule has 0 aliphatic carbocycles. The first-order valence-corrected chi connectivity index (χ1v) is 12.0. The predicted octanol–water partition coefficient (Wildman–Crippen LogP) is 8.68. The molecule has 0 radical (unpaired) electrons. The third-order valence-corrected chi connectivity index (χ3v) is 6.39. The smallest absolute Gasteiger partial charge is 0.170 e. The van der Waals surface area contributed by atoms with Crippen LogP contribution < -0.4 is 9.47 Å². The molecule has 0 saturated carbocycles. The van der Waals surface area contributed by atoms with E-state index < -0.39 is 0 Å². The highest BCUT2D eigenvalue weighted by Gasteiger charge is 2.18. The maximum atomic E-state index is 6.45. The van der Waals surface area contributed by atoms with Gasteiger partial charge in [0.05, 0.1) is 0 Å². The van der Waals surface area contributed by atoms with Gasteiger partial charge >= 0.3 is 0 Å². The lowest BCUT2D eigenvalue weighted by Gasteiger charge is -2.19. The Labute approximate surface area is 204 Å². The van der Waals surface area contributed by atoms with E-state index in [-0.39, 0.29) is 0 Å². The molecule has 0 aliphatic rings. The molecule has 0 spiro atoms. The lowest BCUT2D eigenvalue weighted by molar-refractivity contribution is 0.261. The number of halogens is 2. The summed E-state index contributed by atoms with van der Waals surface area (Å²) in [5.41, 5.74) is 2.23. The Hall–Kier alpha value is -2.82. The van der Waals surface area contributed by atoms with Crippen molar-refractivity contribution in [3.8, 4) is 11.5 Å². The van der Waals surface area contributed by atoms with Gasteiger partial charge in [-0.15, -0.1) is 0 Å². The summed E-state index contributed by atoms with van der Waals surface area (Å²) in [6, 6.07) is 33.0. The molecule has 0 bridgehead atoms. The van der Waals surface area contributed by atoms with E-state index in [1.807, 2.05) is 48.5 Å². The minimum absolute atomic E-state index is 0.468. The van der Waals surface area contributed by atoms with Gasteiger partial charge in [-0.1, -0.05) is 92.5 Å². The van der Waals surface area contributed by atoms with Crippen LogP contribution in [0.1, 0.15) is 11.1 Å². The van der Waals surface area contributed by atoms with Gasteiger partial charge in [0.1, 0.15) is 13.2 Å². The molecule has 0 unspecified atom stereocenters. The fourth-order valence-corrected chi connectivity index (χ4v) is 4.59. The normalized spacial score (nSPS) is 11.1. The molecule has 5 aromatic rings. The van der Waals surface area contributed by atoms with Crippen LogP contribution in [0.5, 0.6) is 11.5 Å². The van der Waals surface area contributed by atoms with E-state index >= 15 is 0 Å². The zero-order valence-electron chi connectivity index (χ0n) is 17.2. The topological polar surface area (TPSA) is 18.5 Å². The second kappa shape index (κ2) is 9.35. The molecule has 0 aromatic heterocycles. The quantitative estimate of drug-likeness (QED) is 0.198. The van der Waals surface area contributed by atoms with E-state index in [0.29, 0.717) is 13.2 Å². The molecule has 0 heterocycles. The molecule has 0 fully saturated rings. The van der Waals surface area contributed by atoms with Crippen molar-refractivity contribution in [2.24, 2.45) is 0 Å². The summed E-state index contributed by atoms with van der Waals surface area (Å²) in [4.78, 5) is 0. The van der Waals surface area contributed by atoms with Crippen LogP contribution in [0.4, 0.5) is 0 Å². The van der Waals surface area contributed by atoms with Gasteiger partial charge in [0, 0.05) is 19.7 Å². The summed E-state index contributed by atoms with van der Waals surface area (Å²) < 4.78 is 15.0. The zero-order valence-corrected chi connectivity index (χ0v) is 20.4. The Bertz CT molecular complexity index is 1270. The molecule has 5 aromatic carbocycles. The molecule has 0 saturated heterocycles. The molecule has 32 heavy (non-hydrogen) atoms.